The Morgan fingerprint density at radius 3 is 2.84 bits per heavy atom. The van der Waals surface area contributed by atoms with Crippen molar-refractivity contribution in [1.82, 2.24) is 20.2 Å². The van der Waals surface area contributed by atoms with Crippen LogP contribution in [0.25, 0.3) is 11.4 Å². The van der Waals surface area contributed by atoms with Crippen molar-refractivity contribution in [2.45, 2.75) is 19.9 Å². The molecule has 19 heavy (non-hydrogen) atoms. The van der Waals surface area contributed by atoms with Gasteiger partial charge in [-0.3, -0.25) is 0 Å². The number of benzene rings is 1. The minimum atomic E-state index is 0.0295. The lowest BCUT2D eigenvalue weighted by molar-refractivity contribution is 0.115. The fourth-order valence-electron chi connectivity index (χ4n) is 1.81. The summed E-state index contributed by atoms with van der Waals surface area (Å²) in [5, 5.41) is 11.7. The lowest BCUT2D eigenvalue weighted by atomic mass is 10.1. The minimum Gasteiger partial charge on any atom is -0.399 e. The number of nitrogens with two attached hydrogens (primary N) is 2. The van der Waals surface area contributed by atoms with E-state index in [1.54, 1.807) is 16.8 Å². The van der Waals surface area contributed by atoms with Gasteiger partial charge in [0.05, 0.1) is 12.6 Å². The highest BCUT2D eigenvalue weighted by atomic mass is 16.5. The fraction of sp³-hybridized carbons (Fsp3) is 0.417. The molecule has 4 N–H and O–H groups in total. The minimum absolute atomic E-state index is 0.0295. The fourth-order valence-corrected chi connectivity index (χ4v) is 1.81. The molecule has 0 aliphatic heterocycles. The summed E-state index contributed by atoms with van der Waals surface area (Å²) >= 11 is 0. The van der Waals surface area contributed by atoms with Crippen LogP contribution in [-0.4, -0.2) is 33.4 Å². The lowest BCUT2D eigenvalue weighted by Crippen LogP contribution is -2.15. The van der Waals surface area contributed by atoms with Crippen molar-refractivity contribution >= 4 is 11.4 Å². The molecule has 0 bridgehead atoms. The highest BCUT2D eigenvalue weighted by Crippen LogP contribution is 2.26. The van der Waals surface area contributed by atoms with Gasteiger partial charge in [-0.05, 0) is 42.5 Å². The van der Waals surface area contributed by atoms with E-state index in [9.17, 15) is 0 Å². The molecule has 1 aromatic carbocycles. The number of hydrogen-bond acceptors (Lipinski definition) is 6. The summed E-state index contributed by atoms with van der Waals surface area (Å²) in [5.74, 6) is 0.615. The van der Waals surface area contributed by atoms with E-state index in [4.69, 9.17) is 16.2 Å². The molecule has 102 valence electrons. The Morgan fingerprint density at radius 1 is 1.37 bits per heavy atom. The number of anilines is 2. The number of nitrogen functional groups attached to an aromatic ring is 2. The van der Waals surface area contributed by atoms with E-state index < -0.39 is 0 Å². The van der Waals surface area contributed by atoms with Crippen molar-refractivity contribution in [2.24, 2.45) is 0 Å². The Morgan fingerprint density at radius 2 is 2.16 bits per heavy atom. The van der Waals surface area contributed by atoms with Crippen molar-refractivity contribution in [3.8, 4) is 11.4 Å². The van der Waals surface area contributed by atoms with Crippen LogP contribution < -0.4 is 11.5 Å². The smallest absolute Gasteiger partial charge is 0.184 e. The molecule has 1 heterocycles. The van der Waals surface area contributed by atoms with E-state index in [2.05, 4.69) is 15.5 Å². The number of ether oxygens (including phenoxy) is 1. The molecule has 0 aliphatic carbocycles. The van der Waals surface area contributed by atoms with Crippen molar-refractivity contribution in [3.05, 3.63) is 18.2 Å². The van der Waals surface area contributed by atoms with E-state index in [1.165, 1.54) is 0 Å². The van der Waals surface area contributed by atoms with Gasteiger partial charge in [0.15, 0.2) is 5.82 Å². The molecule has 0 spiro atoms. The summed E-state index contributed by atoms with van der Waals surface area (Å²) in [4.78, 5) is 0. The van der Waals surface area contributed by atoms with Crippen LogP contribution >= 0.6 is 0 Å². The summed E-state index contributed by atoms with van der Waals surface area (Å²) in [6, 6.07) is 5.32. The first kappa shape index (κ1) is 13.3. The second kappa shape index (κ2) is 5.66. The number of aromatic nitrogens is 4. The molecular weight excluding hydrogens is 244 g/mol. The first-order valence-corrected chi connectivity index (χ1v) is 6.14. The van der Waals surface area contributed by atoms with E-state index in [-0.39, 0.29) is 6.04 Å². The van der Waals surface area contributed by atoms with Crippen LogP contribution in [0.5, 0.6) is 0 Å². The van der Waals surface area contributed by atoms with Crippen molar-refractivity contribution < 1.29 is 4.74 Å². The van der Waals surface area contributed by atoms with Gasteiger partial charge in [0.1, 0.15) is 0 Å². The summed E-state index contributed by atoms with van der Waals surface area (Å²) in [6.45, 7) is 5.14. The zero-order valence-corrected chi connectivity index (χ0v) is 11.1. The highest BCUT2D eigenvalue weighted by Gasteiger charge is 2.16. The molecule has 0 saturated carbocycles. The number of nitrogens with zero attached hydrogens (tertiary/aromatic N) is 4. The monoisotopic (exact) mass is 262 g/mol. The van der Waals surface area contributed by atoms with Crippen LogP contribution in [0.3, 0.4) is 0 Å². The Hall–Kier alpha value is -2.15. The van der Waals surface area contributed by atoms with Gasteiger partial charge in [-0.25, -0.2) is 4.68 Å². The molecule has 7 nitrogen and oxygen atoms in total. The van der Waals surface area contributed by atoms with Gasteiger partial charge in [-0.15, -0.1) is 5.10 Å². The maximum absolute atomic E-state index is 5.96. The Kier molecular flexibility index (Phi) is 3.96. The molecule has 7 heteroatoms. The third kappa shape index (κ3) is 2.82. The third-order valence-electron chi connectivity index (χ3n) is 2.79. The number of tetrazole rings is 1. The Labute approximate surface area is 111 Å². The molecule has 0 aliphatic rings. The van der Waals surface area contributed by atoms with Crippen LogP contribution in [0.1, 0.15) is 19.9 Å². The first-order chi connectivity index (χ1) is 9.13. The summed E-state index contributed by atoms with van der Waals surface area (Å²) in [6.07, 6.45) is 0. The summed E-state index contributed by atoms with van der Waals surface area (Å²) in [5.41, 5.74) is 13.6. The van der Waals surface area contributed by atoms with Crippen LogP contribution in [-0.2, 0) is 4.74 Å². The standard InChI is InChI=1S/C12H18N6O/c1-3-19-7-8(2)18-12(15-16-17-18)10-5-4-9(13)6-11(10)14/h4-6,8H,3,7,13-14H2,1-2H3. The second-order valence-corrected chi connectivity index (χ2v) is 4.30. The van der Waals surface area contributed by atoms with E-state index in [0.29, 0.717) is 30.4 Å². The molecule has 0 saturated heterocycles. The molecule has 2 rings (SSSR count). The van der Waals surface area contributed by atoms with Gasteiger partial charge in [-0.2, -0.15) is 0 Å². The second-order valence-electron chi connectivity index (χ2n) is 4.30. The average Bonchev–Trinajstić information content (AvgIpc) is 2.85. The predicted molar refractivity (Wildman–Crippen MR) is 73.3 cm³/mol. The molecule has 2 aromatic rings. The Bertz CT molecular complexity index is 553. The van der Waals surface area contributed by atoms with Gasteiger partial charge < -0.3 is 16.2 Å². The largest absolute Gasteiger partial charge is 0.399 e. The maximum Gasteiger partial charge on any atom is 0.184 e. The average molecular weight is 262 g/mol. The Balaban J connectivity index is 2.33. The normalized spacial score (nSPS) is 12.5. The molecule has 1 unspecified atom stereocenters. The molecule has 0 radical (unpaired) electrons. The van der Waals surface area contributed by atoms with Crippen LogP contribution in [0.15, 0.2) is 18.2 Å². The quantitative estimate of drug-likeness (QED) is 0.782. The zero-order chi connectivity index (χ0) is 13.8. The summed E-state index contributed by atoms with van der Waals surface area (Å²) < 4.78 is 7.10. The topological polar surface area (TPSA) is 105 Å². The SMILES string of the molecule is CCOCC(C)n1nnnc1-c1ccc(N)cc1N. The predicted octanol–water partition coefficient (Wildman–Crippen LogP) is 1.10. The van der Waals surface area contributed by atoms with Gasteiger partial charge >= 0.3 is 0 Å². The summed E-state index contributed by atoms with van der Waals surface area (Å²) in [7, 11) is 0. The van der Waals surface area contributed by atoms with Crippen molar-refractivity contribution in [3.63, 3.8) is 0 Å². The van der Waals surface area contributed by atoms with Gasteiger partial charge in [-0.1, -0.05) is 0 Å². The first-order valence-electron chi connectivity index (χ1n) is 6.14. The molecule has 0 amide bonds. The molecule has 0 fully saturated rings. The number of rotatable bonds is 5. The van der Waals surface area contributed by atoms with Gasteiger partial charge in [0, 0.05) is 23.5 Å². The van der Waals surface area contributed by atoms with Crippen LogP contribution in [0.2, 0.25) is 0 Å². The maximum atomic E-state index is 5.96. The number of hydrogen-bond donors (Lipinski definition) is 2. The van der Waals surface area contributed by atoms with E-state index >= 15 is 0 Å². The van der Waals surface area contributed by atoms with E-state index in [1.807, 2.05) is 19.9 Å². The van der Waals surface area contributed by atoms with Crippen molar-refractivity contribution in [1.29, 1.82) is 0 Å². The van der Waals surface area contributed by atoms with Gasteiger partial charge in [0.25, 0.3) is 0 Å². The lowest BCUT2D eigenvalue weighted by Gasteiger charge is -2.14. The zero-order valence-electron chi connectivity index (χ0n) is 11.1. The molecule has 1 atom stereocenters. The van der Waals surface area contributed by atoms with Gasteiger partial charge in [0.2, 0.25) is 0 Å². The van der Waals surface area contributed by atoms with Crippen molar-refractivity contribution in [2.75, 3.05) is 24.7 Å². The van der Waals surface area contributed by atoms with Crippen LogP contribution in [0.4, 0.5) is 11.4 Å². The molecular formula is C12H18N6O. The van der Waals surface area contributed by atoms with E-state index in [0.717, 1.165) is 5.56 Å². The van der Waals surface area contributed by atoms with Crippen LogP contribution in [0, 0.1) is 0 Å². The highest BCUT2D eigenvalue weighted by molar-refractivity contribution is 5.74. The third-order valence-corrected chi connectivity index (χ3v) is 2.79. The molecule has 1 aromatic heterocycles.